The van der Waals surface area contributed by atoms with Gasteiger partial charge >= 0.3 is 5.97 Å². The molecule has 0 spiro atoms. The number of hydrogen-bond acceptors (Lipinski definition) is 4. The minimum absolute atomic E-state index is 0.0723. The molecule has 1 fully saturated rings. The lowest BCUT2D eigenvalue weighted by Gasteiger charge is -2.30. The summed E-state index contributed by atoms with van der Waals surface area (Å²) in [4.78, 5) is 13.4. The van der Waals surface area contributed by atoms with E-state index in [0.717, 1.165) is 70.9 Å². The maximum Gasteiger partial charge on any atom is 0.318 e. The van der Waals surface area contributed by atoms with E-state index in [2.05, 4.69) is 20.0 Å². The van der Waals surface area contributed by atoms with Crippen molar-refractivity contribution < 1.29 is 23.5 Å². The maximum atomic E-state index is 13.4. The predicted octanol–water partition coefficient (Wildman–Crippen LogP) is 5.46. The van der Waals surface area contributed by atoms with Gasteiger partial charge in [0, 0.05) is 24.0 Å². The number of hydrogen-bond donors (Lipinski definition) is 0. The van der Waals surface area contributed by atoms with E-state index in [9.17, 15) is 4.79 Å². The van der Waals surface area contributed by atoms with Crippen LogP contribution in [0.5, 0.6) is 17.2 Å². The van der Waals surface area contributed by atoms with E-state index in [1.807, 2.05) is 66.7 Å². The molecule has 2 aliphatic rings. The van der Waals surface area contributed by atoms with Crippen LogP contribution in [0, 0.1) is 6.92 Å². The number of carbonyl (C=O) groups excluding carboxylic acids is 1. The Hall–Kier alpha value is -3.31. The Morgan fingerprint density at radius 1 is 0.971 bits per heavy atom. The first-order chi connectivity index (χ1) is 16.5. The Labute approximate surface area is 201 Å². The number of aryl methyl sites for hydroxylation is 1. The molecule has 0 saturated carbocycles. The van der Waals surface area contributed by atoms with Crippen LogP contribution >= 0.6 is 0 Å². The third-order valence-corrected chi connectivity index (χ3v) is 7.03. The second-order valence-corrected chi connectivity index (χ2v) is 9.68. The molecule has 1 saturated heterocycles. The van der Waals surface area contributed by atoms with Gasteiger partial charge in [-0.15, -0.1) is 0 Å². The number of quaternary nitrogens is 1. The number of fused-ring (bicyclic) bond motifs is 2. The van der Waals surface area contributed by atoms with Crippen LogP contribution in [0.4, 0.5) is 0 Å². The number of para-hydroxylation sites is 3. The van der Waals surface area contributed by atoms with E-state index in [1.54, 1.807) is 0 Å². The van der Waals surface area contributed by atoms with Crippen molar-refractivity contribution in [2.75, 3.05) is 33.3 Å². The number of esters is 1. The molecule has 34 heavy (non-hydrogen) atoms. The zero-order valence-corrected chi connectivity index (χ0v) is 19.9. The van der Waals surface area contributed by atoms with Crippen LogP contribution in [0.15, 0.2) is 72.8 Å². The van der Waals surface area contributed by atoms with Crippen LogP contribution in [-0.4, -0.2) is 49.8 Å². The molecule has 0 bridgehead atoms. The smallest absolute Gasteiger partial charge is 0.318 e. The predicted molar refractivity (Wildman–Crippen MR) is 131 cm³/mol. The number of ether oxygens (including phenoxy) is 3. The summed E-state index contributed by atoms with van der Waals surface area (Å²) >= 11 is 0. The summed E-state index contributed by atoms with van der Waals surface area (Å²) in [5.74, 6) is 1.76. The highest BCUT2D eigenvalue weighted by Crippen LogP contribution is 2.44. The van der Waals surface area contributed by atoms with Gasteiger partial charge in [-0.1, -0.05) is 54.6 Å². The van der Waals surface area contributed by atoms with Gasteiger partial charge in [0.1, 0.15) is 29.7 Å². The summed E-state index contributed by atoms with van der Waals surface area (Å²) in [6.45, 7) is 5.60. The van der Waals surface area contributed by atoms with Gasteiger partial charge in [0.25, 0.3) is 0 Å². The monoisotopic (exact) mass is 458 g/mol. The summed E-state index contributed by atoms with van der Waals surface area (Å²) in [6.07, 6.45) is 1.77. The second-order valence-electron chi connectivity index (χ2n) is 9.68. The first-order valence-electron chi connectivity index (χ1n) is 12.1. The van der Waals surface area contributed by atoms with Crippen molar-refractivity contribution >= 4 is 5.97 Å². The average Bonchev–Trinajstić information content (AvgIpc) is 3.21. The Morgan fingerprint density at radius 2 is 1.62 bits per heavy atom. The Bertz CT molecular complexity index is 1130. The molecule has 5 heteroatoms. The van der Waals surface area contributed by atoms with Gasteiger partial charge in [-0.2, -0.15) is 0 Å². The summed E-state index contributed by atoms with van der Waals surface area (Å²) in [7, 11) is 2.25. The molecule has 3 aromatic carbocycles. The lowest BCUT2D eigenvalue weighted by atomic mass is 9.88. The van der Waals surface area contributed by atoms with Crippen LogP contribution in [-0.2, 0) is 9.53 Å². The van der Waals surface area contributed by atoms with Crippen LogP contribution < -0.4 is 9.47 Å². The third kappa shape index (κ3) is 4.66. The van der Waals surface area contributed by atoms with Crippen molar-refractivity contribution in [3.8, 4) is 17.2 Å². The lowest BCUT2D eigenvalue weighted by Crippen LogP contribution is -2.44. The molecule has 0 amide bonds. The van der Waals surface area contributed by atoms with Gasteiger partial charge in [0.15, 0.2) is 6.10 Å². The number of nitrogens with zero attached hydrogens (tertiary/aromatic N) is 1. The number of likely N-dealkylation sites (tertiary alicyclic amines) is 1. The van der Waals surface area contributed by atoms with Gasteiger partial charge in [-0.25, -0.2) is 0 Å². The highest BCUT2D eigenvalue weighted by Gasteiger charge is 2.40. The Balaban J connectivity index is 1.19. The fourth-order valence-electron chi connectivity index (χ4n) is 5.17. The fourth-order valence-corrected chi connectivity index (χ4v) is 5.17. The van der Waals surface area contributed by atoms with Crippen LogP contribution in [0.2, 0.25) is 0 Å². The number of rotatable bonds is 7. The molecule has 2 unspecified atom stereocenters. The fraction of sp³-hybridized carbons (Fsp3) is 0.345. The number of likely N-dealkylation sites (N-methyl/N-ethyl adjacent to an activating group) is 1. The van der Waals surface area contributed by atoms with E-state index in [0.29, 0.717) is 6.61 Å². The van der Waals surface area contributed by atoms with Crippen molar-refractivity contribution in [2.45, 2.75) is 31.8 Å². The molecule has 0 N–H and O–H groups in total. The lowest BCUT2D eigenvalue weighted by molar-refractivity contribution is -0.899. The summed E-state index contributed by atoms with van der Waals surface area (Å²) < 4.78 is 19.0. The van der Waals surface area contributed by atoms with Crippen LogP contribution in [0.1, 0.15) is 35.4 Å². The van der Waals surface area contributed by atoms with Crippen molar-refractivity contribution in [1.29, 1.82) is 0 Å². The molecule has 2 aliphatic heterocycles. The number of benzene rings is 3. The van der Waals surface area contributed by atoms with E-state index in [4.69, 9.17) is 14.2 Å². The van der Waals surface area contributed by atoms with Crippen molar-refractivity contribution in [2.24, 2.45) is 0 Å². The van der Waals surface area contributed by atoms with Crippen molar-refractivity contribution in [3.05, 3.63) is 89.5 Å². The molecule has 5 rings (SSSR count). The Morgan fingerprint density at radius 3 is 2.32 bits per heavy atom. The minimum atomic E-state index is -0.456. The summed E-state index contributed by atoms with van der Waals surface area (Å²) in [5, 5.41) is 0. The van der Waals surface area contributed by atoms with E-state index in [-0.39, 0.29) is 12.1 Å². The standard InChI is InChI=1S/C29H32NO4/c1-21-10-3-6-13-25(21)32-19-9-17-30(2)18-16-22(20-30)33-29(31)28-23-11-4-7-14-26(23)34-27-15-8-5-12-24(27)28/h3-8,10-15,22,28H,9,16-20H2,1-2H3/q+1. The van der Waals surface area contributed by atoms with Gasteiger partial charge < -0.3 is 18.7 Å². The molecule has 176 valence electrons. The quantitative estimate of drug-likeness (QED) is 0.268. The first-order valence-corrected chi connectivity index (χ1v) is 12.1. The van der Waals surface area contributed by atoms with E-state index in [1.165, 1.54) is 0 Å². The van der Waals surface area contributed by atoms with Gasteiger partial charge in [-0.3, -0.25) is 4.79 Å². The average molecular weight is 459 g/mol. The molecule has 2 heterocycles. The molecular formula is C29H32NO4+. The molecule has 0 radical (unpaired) electrons. The molecule has 0 aromatic heterocycles. The maximum absolute atomic E-state index is 13.4. The highest BCUT2D eigenvalue weighted by atomic mass is 16.5. The normalized spacial score (nSPS) is 21.3. The van der Waals surface area contributed by atoms with E-state index >= 15 is 0 Å². The van der Waals surface area contributed by atoms with Crippen molar-refractivity contribution in [3.63, 3.8) is 0 Å². The number of carbonyl (C=O) groups is 1. The third-order valence-electron chi connectivity index (χ3n) is 7.03. The summed E-state index contributed by atoms with van der Waals surface area (Å²) in [6, 6.07) is 23.6. The van der Waals surface area contributed by atoms with Gasteiger partial charge in [-0.05, 0) is 30.7 Å². The van der Waals surface area contributed by atoms with Gasteiger partial charge in [0.05, 0.1) is 26.7 Å². The molecule has 0 aliphatic carbocycles. The SMILES string of the molecule is Cc1ccccc1OCCC[N+]1(C)CCC(OC(=O)C2c3ccccc3Oc3ccccc32)C1. The summed E-state index contributed by atoms with van der Waals surface area (Å²) in [5.41, 5.74) is 2.90. The molecule has 2 atom stereocenters. The molecule has 3 aromatic rings. The van der Waals surface area contributed by atoms with E-state index < -0.39 is 5.92 Å². The molecule has 5 nitrogen and oxygen atoms in total. The van der Waals surface area contributed by atoms with Crippen LogP contribution in [0.25, 0.3) is 0 Å². The van der Waals surface area contributed by atoms with Crippen LogP contribution in [0.3, 0.4) is 0 Å². The zero-order chi connectivity index (χ0) is 23.5. The Kier molecular flexibility index (Phi) is 6.29. The highest BCUT2D eigenvalue weighted by molar-refractivity contribution is 5.85. The zero-order valence-electron chi connectivity index (χ0n) is 19.9. The van der Waals surface area contributed by atoms with Gasteiger partial charge in [0.2, 0.25) is 0 Å². The topological polar surface area (TPSA) is 44.8 Å². The minimum Gasteiger partial charge on any atom is -0.493 e. The van der Waals surface area contributed by atoms with Crippen molar-refractivity contribution in [1.82, 2.24) is 0 Å². The second kappa shape index (κ2) is 9.51. The molecular weight excluding hydrogens is 426 g/mol. The first kappa shape index (κ1) is 22.5. The largest absolute Gasteiger partial charge is 0.493 e.